The third kappa shape index (κ3) is 3.58. The van der Waals surface area contributed by atoms with Crippen molar-refractivity contribution in [1.29, 1.82) is 5.26 Å². The third-order valence-corrected chi connectivity index (χ3v) is 3.86. The Labute approximate surface area is 120 Å². The summed E-state index contributed by atoms with van der Waals surface area (Å²) in [6, 6.07) is 11.3. The van der Waals surface area contributed by atoms with Crippen LogP contribution < -0.4 is 5.32 Å². The molecule has 0 aromatic heterocycles. The highest BCUT2D eigenvalue weighted by molar-refractivity contribution is 5.83. The summed E-state index contributed by atoms with van der Waals surface area (Å²) in [4.78, 5) is 14.6. The van der Waals surface area contributed by atoms with Crippen molar-refractivity contribution in [2.75, 3.05) is 19.6 Å². The van der Waals surface area contributed by atoms with Crippen LogP contribution in [0, 0.1) is 17.2 Å². The molecule has 1 fully saturated rings. The van der Waals surface area contributed by atoms with E-state index in [1.807, 2.05) is 35.2 Å². The van der Waals surface area contributed by atoms with E-state index in [2.05, 4.69) is 18.3 Å². The molecule has 1 amide bonds. The second kappa shape index (κ2) is 7.06. The molecule has 0 aliphatic carbocycles. The zero-order chi connectivity index (χ0) is 14.4. The lowest BCUT2D eigenvalue weighted by Crippen LogP contribution is -2.44. The molecule has 1 N–H and O–H groups in total. The van der Waals surface area contributed by atoms with Gasteiger partial charge in [-0.3, -0.25) is 10.1 Å². The van der Waals surface area contributed by atoms with E-state index in [9.17, 15) is 4.79 Å². The summed E-state index contributed by atoms with van der Waals surface area (Å²) < 4.78 is 0. The Bertz CT molecular complexity index is 472. The summed E-state index contributed by atoms with van der Waals surface area (Å²) in [6.07, 6.45) is 2.12. The molecule has 0 unspecified atom stereocenters. The van der Waals surface area contributed by atoms with Crippen molar-refractivity contribution < 1.29 is 4.79 Å². The third-order valence-electron chi connectivity index (χ3n) is 3.86. The smallest absolute Gasteiger partial charge is 0.244 e. The van der Waals surface area contributed by atoms with Crippen molar-refractivity contribution in [3.05, 3.63) is 35.9 Å². The van der Waals surface area contributed by atoms with Gasteiger partial charge in [0.2, 0.25) is 5.91 Å². The van der Waals surface area contributed by atoms with Crippen LogP contribution in [0.2, 0.25) is 0 Å². The van der Waals surface area contributed by atoms with Gasteiger partial charge in [0.05, 0.1) is 12.6 Å². The highest BCUT2D eigenvalue weighted by atomic mass is 16.2. The summed E-state index contributed by atoms with van der Waals surface area (Å²) in [5.41, 5.74) is 0.923. The zero-order valence-corrected chi connectivity index (χ0v) is 11.9. The molecule has 4 nitrogen and oxygen atoms in total. The van der Waals surface area contributed by atoms with Gasteiger partial charge in [-0.25, -0.2) is 0 Å². The molecule has 0 bridgehead atoms. The number of hydrogen-bond donors (Lipinski definition) is 1. The largest absolute Gasteiger partial charge is 0.341 e. The van der Waals surface area contributed by atoms with E-state index in [4.69, 9.17) is 5.26 Å². The van der Waals surface area contributed by atoms with Crippen molar-refractivity contribution in [2.45, 2.75) is 25.8 Å². The number of nitrogens with one attached hydrogen (secondary N) is 1. The summed E-state index contributed by atoms with van der Waals surface area (Å²) in [5, 5.41) is 11.8. The van der Waals surface area contributed by atoms with Crippen LogP contribution in [0.15, 0.2) is 30.3 Å². The van der Waals surface area contributed by atoms with Crippen molar-refractivity contribution in [1.82, 2.24) is 10.2 Å². The van der Waals surface area contributed by atoms with E-state index >= 15 is 0 Å². The van der Waals surface area contributed by atoms with Crippen LogP contribution in [0.4, 0.5) is 0 Å². The Hall–Kier alpha value is -1.86. The van der Waals surface area contributed by atoms with Crippen molar-refractivity contribution in [2.24, 2.45) is 5.92 Å². The Morgan fingerprint density at radius 3 is 2.65 bits per heavy atom. The second-order valence-corrected chi connectivity index (χ2v) is 5.39. The van der Waals surface area contributed by atoms with Crippen LogP contribution in [0.5, 0.6) is 0 Å². The number of carbonyl (C=O) groups is 1. The number of likely N-dealkylation sites (tertiary alicyclic amines) is 1. The van der Waals surface area contributed by atoms with Gasteiger partial charge in [0, 0.05) is 13.1 Å². The van der Waals surface area contributed by atoms with Crippen LogP contribution in [-0.4, -0.2) is 30.4 Å². The Kier molecular flexibility index (Phi) is 5.14. The van der Waals surface area contributed by atoms with E-state index in [-0.39, 0.29) is 12.5 Å². The average molecular weight is 271 g/mol. The van der Waals surface area contributed by atoms with Gasteiger partial charge in [0.15, 0.2) is 0 Å². The van der Waals surface area contributed by atoms with Crippen molar-refractivity contribution in [3.63, 3.8) is 0 Å². The van der Waals surface area contributed by atoms with E-state index in [0.29, 0.717) is 5.92 Å². The number of nitrogens with zero attached hydrogens (tertiary/aromatic N) is 2. The molecule has 0 saturated carbocycles. The first-order valence-electron chi connectivity index (χ1n) is 7.16. The predicted octanol–water partition coefficient (Wildman–Crippen LogP) is 2.10. The van der Waals surface area contributed by atoms with Gasteiger partial charge in [-0.2, -0.15) is 5.26 Å². The van der Waals surface area contributed by atoms with Gasteiger partial charge in [0.1, 0.15) is 6.04 Å². The van der Waals surface area contributed by atoms with Gasteiger partial charge in [-0.15, -0.1) is 0 Å². The van der Waals surface area contributed by atoms with Crippen LogP contribution in [0.3, 0.4) is 0 Å². The Morgan fingerprint density at radius 2 is 2.05 bits per heavy atom. The number of benzene rings is 1. The minimum absolute atomic E-state index is 0.0818. The molecule has 106 valence electrons. The topological polar surface area (TPSA) is 56.1 Å². The average Bonchev–Trinajstić information content (AvgIpc) is 2.49. The molecular weight excluding hydrogens is 250 g/mol. The van der Waals surface area contributed by atoms with Gasteiger partial charge < -0.3 is 4.90 Å². The van der Waals surface area contributed by atoms with E-state index in [1.54, 1.807) is 0 Å². The first-order valence-corrected chi connectivity index (χ1v) is 7.16. The van der Waals surface area contributed by atoms with Gasteiger partial charge in [-0.1, -0.05) is 37.3 Å². The van der Waals surface area contributed by atoms with Crippen LogP contribution in [0.1, 0.15) is 31.4 Å². The highest BCUT2D eigenvalue weighted by Gasteiger charge is 2.27. The van der Waals surface area contributed by atoms with E-state index in [1.165, 1.54) is 0 Å². The fraction of sp³-hybridized carbons (Fsp3) is 0.500. The number of carbonyl (C=O) groups excluding carboxylic acids is 1. The lowest BCUT2D eigenvalue weighted by atomic mass is 9.97. The summed E-state index contributed by atoms with van der Waals surface area (Å²) in [7, 11) is 0. The molecule has 1 heterocycles. The van der Waals surface area contributed by atoms with E-state index < -0.39 is 6.04 Å². The summed E-state index contributed by atoms with van der Waals surface area (Å²) >= 11 is 0. The highest BCUT2D eigenvalue weighted by Crippen LogP contribution is 2.21. The molecule has 1 aromatic rings. The minimum atomic E-state index is -0.413. The molecule has 1 aliphatic heterocycles. The van der Waals surface area contributed by atoms with Gasteiger partial charge in [0.25, 0.3) is 0 Å². The molecule has 1 atom stereocenters. The van der Waals surface area contributed by atoms with Crippen LogP contribution >= 0.6 is 0 Å². The van der Waals surface area contributed by atoms with Crippen LogP contribution in [-0.2, 0) is 4.79 Å². The zero-order valence-electron chi connectivity index (χ0n) is 11.9. The number of amides is 1. The van der Waals surface area contributed by atoms with Crippen molar-refractivity contribution in [3.8, 4) is 6.07 Å². The maximum absolute atomic E-state index is 12.7. The predicted molar refractivity (Wildman–Crippen MR) is 77.8 cm³/mol. The number of rotatable bonds is 4. The molecule has 1 aromatic carbocycles. The number of piperidine rings is 1. The molecule has 4 heteroatoms. The standard InChI is InChI=1S/C16H21N3O/c1-13-7-11-19(12-8-13)16(20)15(18-10-9-17)14-5-3-2-4-6-14/h2-6,13,15,18H,7-8,10-12H2,1H3/t15-/m1/s1. The lowest BCUT2D eigenvalue weighted by molar-refractivity contribution is -0.134. The lowest BCUT2D eigenvalue weighted by Gasteiger charge is -2.33. The first kappa shape index (κ1) is 14.5. The monoisotopic (exact) mass is 271 g/mol. The fourth-order valence-electron chi connectivity index (χ4n) is 2.55. The maximum atomic E-state index is 12.7. The molecule has 0 spiro atoms. The summed E-state index contributed by atoms with van der Waals surface area (Å²) in [5.74, 6) is 0.777. The second-order valence-electron chi connectivity index (χ2n) is 5.39. The molecular formula is C16H21N3O. The van der Waals surface area contributed by atoms with Gasteiger partial charge in [-0.05, 0) is 24.3 Å². The van der Waals surface area contributed by atoms with Gasteiger partial charge >= 0.3 is 0 Å². The van der Waals surface area contributed by atoms with Crippen LogP contribution in [0.25, 0.3) is 0 Å². The molecule has 20 heavy (non-hydrogen) atoms. The number of nitriles is 1. The van der Waals surface area contributed by atoms with Crippen molar-refractivity contribution >= 4 is 5.91 Å². The SMILES string of the molecule is CC1CCN(C(=O)[C@H](NCC#N)c2ccccc2)CC1. The maximum Gasteiger partial charge on any atom is 0.244 e. The molecule has 0 radical (unpaired) electrons. The molecule has 2 rings (SSSR count). The first-order chi connectivity index (χ1) is 9.72. The van der Waals surface area contributed by atoms with E-state index in [0.717, 1.165) is 31.5 Å². The Balaban J connectivity index is 2.10. The Morgan fingerprint density at radius 1 is 1.40 bits per heavy atom. The molecule has 1 saturated heterocycles. The fourth-order valence-corrected chi connectivity index (χ4v) is 2.55. The quantitative estimate of drug-likeness (QED) is 0.853. The normalized spacial score (nSPS) is 17.5. The number of hydrogen-bond acceptors (Lipinski definition) is 3. The minimum Gasteiger partial charge on any atom is -0.341 e. The molecule has 1 aliphatic rings. The summed E-state index contributed by atoms with van der Waals surface area (Å²) in [6.45, 7) is 4.04.